The average Bonchev–Trinajstić information content (AvgIpc) is 2.88. The second-order valence-electron chi connectivity index (χ2n) is 6.97. The highest BCUT2D eigenvalue weighted by Gasteiger charge is 2.35. The molecule has 1 aliphatic rings. The molecular formula is C24H24N2O7. The predicted molar refractivity (Wildman–Crippen MR) is 121 cm³/mol. The molecule has 0 atom stereocenters. The summed E-state index contributed by atoms with van der Waals surface area (Å²) in [6, 6.07) is 14.5. The Bertz CT molecular complexity index is 1070. The fraction of sp³-hybridized carbons (Fsp3) is 0.250. The number of aliphatic imine (C=N–C) groups is 1. The van der Waals surface area contributed by atoms with E-state index in [1.165, 1.54) is 12.0 Å². The van der Waals surface area contributed by atoms with Crippen molar-refractivity contribution in [1.82, 2.24) is 4.90 Å². The van der Waals surface area contributed by atoms with Gasteiger partial charge in [0.05, 0.1) is 33.1 Å². The van der Waals surface area contributed by atoms with E-state index < -0.39 is 34.7 Å². The number of benzene rings is 2. The molecule has 0 spiro atoms. The van der Waals surface area contributed by atoms with Crippen LogP contribution in [-0.4, -0.2) is 73.9 Å². The van der Waals surface area contributed by atoms with Crippen molar-refractivity contribution in [2.45, 2.75) is 0 Å². The molecule has 0 unspecified atom stereocenters. The van der Waals surface area contributed by atoms with Gasteiger partial charge < -0.3 is 24.2 Å². The normalized spacial score (nSPS) is 14.8. The number of rotatable bonds is 7. The highest BCUT2D eigenvalue weighted by atomic mass is 16.5. The number of aliphatic hydroxyl groups is 1. The fourth-order valence-corrected chi connectivity index (χ4v) is 3.17. The number of morpholine rings is 1. The summed E-state index contributed by atoms with van der Waals surface area (Å²) in [6.45, 7) is 0.999. The summed E-state index contributed by atoms with van der Waals surface area (Å²) in [5.74, 6) is -2.92. The maximum atomic E-state index is 13.4. The quantitative estimate of drug-likeness (QED) is 0.225. The number of amides is 1. The fourth-order valence-electron chi connectivity index (χ4n) is 3.17. The maximum absolute atomic E-state index is 13.4. The molecule has 0 radical (unpaired) electrons. The molecule has 9 nitrogen and oxygen atoms in total. The minimum Gasteiger partial charge on any atom is -0.506 e. The molecule has 1 N–H and O–H groups in total. The number of aliphatic hydroxyl groups excluding tert-OH is 1. The largest absolute Gasteiger partial charge is 0.506 e. The molecule has 3 rings (SSSR count). The Morgan fingerprint density at radius 1 is 0.970 bits per heavy atom. The molecule has 1 heterocycles. The number of Topliss-reactive ketones (excluding diaryl/α,β-unsaturated/α-hetero) is 1. The molecule has 0 saturated carbocycles. The smallest absolute Gasteiger partial charge is 0.357 e. The molecule has 1 fully saturated rings. The lowest BCUT2D eigenvalue weighted by Crippen LogP contribution is -2.45. The van der Waals surface area contributed by atoms with Crippen LogP contribution in [0, 0.1) is 0 Å². The van der Waals surface area contributed by atoms with Gasteiger partial charge in [-0.25, -0.2) is 9.79 Å². The van der Waals surface area contributed by atoms with Crippen molar-refractivity contribution in [2.75, 3.05) is 40.5 Å². The standard InChI is InChI=1S/C24H24N2O7/c1-31-18-10-8-17(9-11-18)25-20(24(30)32-2)19(21(27)16-6-4-3-5-7-16)22(28)23(29)26-12-14-33-15-13-26/h3-11,27H,12-15H2,1-2H3/b21-19+,25-20?. The van der Waals surface area contributed by atoms with Crippen LogP contribution in [0.3, 0.4) is 0 Å². The van der Waals surface area contributed by atoms with Crippen LogP contribution in [0.1, 0.15) is 5.56 Å². The summed E-state index contributed by atoms with van der Waals surface area (Å²) in [7, 11) is 2.63. The minimum atomic E-state index is -1.07. The molecule has 2 aromatic carbocycles. The van der Waals surface area contributed by atoms with Gasteiger partial charge in [0.25, 0.3) is 11.7 Å². The first kappa shape index (κ1) is 23.7. The summed E-state index contributed by atoms with van der Waals surface area (Å²) in [6.07, 6.45) is 0. The Morgan fingerprint density at radius 3 is 2.18 bits per heavy atom. The third kappa shape index (κ3) is 5.64. The monoisotopic (exact) mass is 452 g/mol. The first-order valence-electron chi connectivity index (χ1n) is 10.2. The number of nitrogens with zero attached hydrogens (tertiary/aromatic N) is 2. The lowest BCUT2D eigenvalue weighted by atomic mass is 9.98. The average molecular weight is 452 g/mol. The van der Waals surface area contributed by atoms with E-state index in [2.05, 4.69) is 4.99 Å². The number of hydrogen-bond donors (Lipinski definition) is 1. The third-order valence-electron chi connectivity index (χ3n) is 4.93. The Balaban J connectivity index is 2.15. The van der Waals surface area contributed by atoms with Crippen molar-refractivity contribution in [1.29, 1.82) is 0 Å². The molecule has 33 heavy (non-hydrogen) atoms. The van der Waals surface area contributed by atoms with E-state index in [1.54, 1.807) is 54.6 Å². The Hall–Kier alpha value is -3.98. The van der Waals surface area contributed by atoms with Crippen molar-refractivity contribution in [3.63, 3.8) is 0 Å². The first-order chi connectivity index (χ1) is 16.0. The molecule has 1 saturated heterocycles. The number of carbonyl (C=O) groups is 3. The number of ketones is 1. The van der Waals surface area contributed by atoms with Crippen molar-refractivity contribution in [3.8, 4) is 5.75 Å². The van der Waals surface area contributed by atoms with Gasteiger partial charge in [0.1, 0.15) is 17.1 Å². The Labute approximate surface area is 190 Å². The topological polar surface area (TPSA) is 115 Å². The second-order valence-corrected chi connectivity index (χ2v) is 6.97. The maximum Gasteiger partial charge on any atom is 0.357 e. The molecule has 1 amide bonds. The van der Waals surface area contributed by atoms with Gasteiger partial charge >= 0.3 is 5.97 Å². The predicted octanol–water partition coefficient (Wildman–Crippen LogP) is 2.34. The number of ether oxygens (including phenoxy) is 3. The van der Waals surface area contributed by atoms with Crippen LogP contribution in [-0.2, 0) is 23.9 Å². The molecule has 172 valence electrons. The number of esters is 1. The number of methoxy groups -OCH3 is 2. The molecule has 2 aromatic rings. The van der Waals surface area contributed by atoms with Gasteiger partial charge in [0, 0.05) is 18.7 Å². The summed E-state index contributed by atoms with van der Waals surface area (Å²) >= 11 is 0. The van der Waals surface area contributed by atoms with Gasteiger partial charge in [-0.1, -0.05) is 30.3 Å². The third-order valence-corrected chi connectivity index (χ3v) is 4.93. The van der Waals surface area contributed by atoms with Crippen LogP contribution in [0.5, 0.6) is 5.75 Å². The van der Waals surface area contributed by atoms with E-state index in [9.17, 15) is 19.5 Å². The minimum absolute atomic E-state index is 0.215. The number of hydrogen-bond acceptors (Lipinski definition) is 8. The van der Waals surface area contributed by atoms with Gasteiger partial charge in [-0.15, -0.1) is 0 Å². The SMILES string of the molecule is COC(=O)C(=Nc1ccc(OC)cc1)/C(C(=O)C(=O)N1CCOCC1)=C(\O)c1ccccc1. The van der Waals surface area contributed by atoms with Crippen molar-refractivity contribution >= 4 is 34.8 Å². The first-order valence-corrected chi connectivity index (χ1v) is 10.2. The lowest BCUT2D eigenvalue weighted by Gasteiger charge is -2.26. The molecule has 0 bridgehead atoms. The molecule has 1 aliphatic heterocycles. The molecular weight excluding hydrogens is 428 g/mol. The zero-order valence-corrected chi connectivity index (χ0v) is 18.3. The van der Waals surface area contributed by atoms with Gasteiger partial charge in [0.15, 0.2) is 5.71 Å². The van der Waals surface area contributed by atoms with Crippen LogP contribution < -0.4 is 4.74 Å². The van der Waals surface area contributed by atoms with Gasteiger partial charge in [-0.05, 0) is 24.3 Å². The Kier molecular flexibility index (Phi) is 7.93. The van der Waals surface area contributed by atoms with E-state index in [0.29, 0.717) is 11.4 Å². The lowest BCUT2D eigenvalue weighted by molar-refractivity contribution is -0.145. The van der Waals surface area contributed by atoms with E-state index in [-0.39, 0.29) is 31.9 Å². The molecule has 0 aliphatic carbocycles. The van der Waals surface area contributed by atoms with Crippen molar-refractivity contribution < 1.29 is 33.7 Å². The summed E-state index contributed by atoms with van der Waals surface area (Å²) in [5.41, 5.74) is -0.501. The van der Waals surface area contributed by atoms with Crippen LogP contribution in [0.15, 0.2) is 65.2 Å². The van der Waals surface area contributed by atoms with E-state index >= 15 is 0 Å². The summed E-state index contributed by atoms with van der Waals surface area (Å²) in [4.78, 5) is 44.6. The zero-order valence-electron chi connectivity index (χ0n) is 18.3. The summed E-state index contributed by atoms with van der Waals surface area (Å²) in [5, 5.41) is 11.0. The highest BCUT2D eigenvalue weighted by Crippen LogP contribution is 2.24. The van der Waals surface area contributed by atoms with E-state index in [1.807, 2.05) is 0 Å². The summed E-state index contributed by atoms with van der Waals surface area (Å²) < 4.78 is 15.2. The van der Waals surface area contributed by atoms with Crippen molar-refractivity contribution in [2.24, 2.45) is 4.99 Å². The van der Waals surface area contributed by atoms with E-state index in [0.717, 1.165) is 7.11 Å². The van der Waals surface area contributed by atoms with Crippen LogP contribution in [0.25, 0.3) is 5.76 Å². The van der Waals surface area contributed by atoms with Crippen molar-refractivity contribution in [3.05, 3.63) is 65.7 Å². The van der Waals surface area contributed by atoms with Gasteiger partial charge in [0.2, 0.25) is 0 Å². The van der Waals surface area contributed by atoms with Crippen LogP contribution >= 0.6 is 0 Å². The van der Waals surface area contributed by atoms with Gasteiger partial charge in [-0.2, -0.15) is 0 Å². The zero-order chi connectivity index (χ0) is 23.8. The van der Waals surface area contributed by atoms with Crippen LogP contribution in [0.4, 0.5) is 5.69 Å². The second kappa shape index (κ2) is 11.1. The van der Waals surface area contributed by atoms with Crippen LogP contribution in [0.2, 0.25) is 0 Å². The highest BCUT2D eigenvalue weighted by molar-refractivity contribution is 6.60. The van der Waals surface area contributed by atoms with E-state index in [4.69, 9.17) is 14.2 Å². The van der Waals surface area contributed by atoms with Gasteiger partial charge in [-0.3, -0.25) is 9.59 Å². The molecule has 0 aromatic heterocycles. The Morgan fingerprint density at radius 2 is 1.61 bits per heavy atom. The number of carbonyl (C=O) groups excluding carboxylic acids is 3. The molecule has 9 heteroatoms.